The summed E-state index contributed by atoms with van der Waals surface area (Å²) < 4.78 is 0. The van der Waals surface area contributed by atoms with Gasteiger partial charge in [0.25, 0.3) is 0 Å². The molecule has 0 radical (unpaired) electrons. The molecule has 5 nitrogen and oxygen atoms in total. The van der Waals surface area contributed by atoms with Crippen molar-refractivity contribution in [3.63, 3.8) is 0 Å². The fourth-order valence-electron chi connectivity index (χ4n) is 3.67. The zero-order chi connectivity index (χ0) is 20.1. The molecule has 0 spiro atoms. The van der Waals surface area contributed by atoms with Crippen LogP contribution in [0.25, 0.3) is 0 Å². The number of nitriles is 1. The fraction of sp³-hybridized carbons (Fsp3) is 0.364. The summed E-state index contributed by atoms with van der Waals surface area (Å²) in [6.45, 7) is 7.54. The van der Waals surface area contributed by atoms with E-state index in [0.717, 1.165) is 49.4 Å². The van der Waals surface area contributed by atoms with Gasteiger partial charge in [0.15, 0.2) is 0 Å². The first-order valence-corrected chi connectivity index (χ1v) is 9.89. The Labute approximate surface area is 171 Å². The van der Waals surface area contributed by atoms with E-state index in [1.807, 2.05) is 50.2 Å². The molecule has 0 saturated carbocycles. The summed E-state index contributed by atoms with van der Waals surface area (Å²) in [6, 6.07) is 13.8. The molecule has 1 N–H and O–H groups in total. The number of rotatable bonds is 4. The minimum atomic E-state index is -0.0558. The van der Waals surface area contributed by atoms with Crippen molar-refractivity contribution in [1.29, 1.82) is 5.26 Å². The molecule has 2 aromatic rings. The molecule has 1 amide bonds. The van der Waals surface area contributed by atoms with Crippen LogP contribution in [0.3, 0.4) is 0 Å². The fourth-order valence-corrected chi connectivity index (χ4v) is 4.04. The first-order valence-electron chi connectivity index (χ1n) is 9.51. The van der Waals surface area contributed by atoms with E-state index in [-0.39, 0.29) is 5.91 Å². The highest BCUT2D eigenvalue weighted by atomic mass is 35.5. The van der Waals surface area contributed by atoms with Gasteiger partial charge in [0.2, 0.25) is 5.91 Å². The summed E-state index contributed by atoms with van der Waals surface area (Å²) >= 11 is 6.30. The number of benzene rings is 2. The number of anilines is 2. The molecule has 1 saturated heterocycles. The van der Waals surface area contributed by atoms with Crippen molar-refractivity contribution in [3.8, 4) is 6.07 Å². The number of hydrogen-bond donors (Lipinski definition) is 1. The maximum absolute atomic E-state index is 12.6. The molecule has 0 unspecified atom stereocenters. The van der Waals surface area contributed by atoms with Crippen molar-refractivity contribution in [2.24, 2.45) is 0 Å². The van der Waals surface area contributed by atoms with E-state index in [0.29, 0.717) is 22.8 Å². The number of nitrogens with one attached hydrogen (secondary N) is 1. The predicted octanol–water partition coefficient (Wildman–Crippen LogP) is 3.98. The Balaban J connectivity index is 1.61. The van der Waals surface area contributed by atoms with Crippen molar-refractivity contribution in [1.82, 2.24) is 4.90 Å². The molecule has 0 aliphatic carbocycles. The van der Waals surface area contributed by atoms with E-state index < -0.39 is 0 Å². The third-order valence-electron chi connectivity index (χ3n) is 5.02. The van der Waals surface area contributed by atoms with E-state index in [1.54, 1.807) is 0 Å². The summed E-state index contributed by atoms with van der Waals surface area (Å²) in [4.78, 5) is 17.0. The quantitative estimate of drug-likeness (QED) is 0.849. The van der Waals surface area contributed by atoms with Crippen LogP contribution in [0.4, 0.5) is 11.4 Å². The monoisotopic (exact) mass is 396 g/mol. The van der Waals surface area contributed by atoms with E-state index in [1.165, 1.54) is 0 Å². The average Bonchev–Trinajstić information content (AvgIpc) is 2.90. The van der Waals surface area contributed by atoms with E-state index in [9.17, 15) is 10.1 Å². The molecule has 146 valence electrons. The second-order valence-electron chi connectivity index (χ2n) is 7.23. The Bertz CT molecular complexity index is 883. The standard InChI is InChI=1S/C22H25ClN4O/c1-16-12-17(2)22(19(23)13-16)25-21(28)15-26-8-5-9-27(11-10-26)20-7-4-3-6-18(20)14-24/h3-4,6-7,12-13H,5,8-11,15H2,1-2H3,(H,25,28). The first-order chi connectivity index (χ1) is 13.5. The molecule has 0 aromatic heterocycles. The maximum Gasteiger partial charge on any atom is 0.238 e. The molecule has 0 bridgehead atoms. The van der Waals surface area contributed by atoms with E-state index in [2.05, 4.69) is 21.2 Å². The van der Waals surface area contributed by atoms with Gasteiger partial charge in [-0.15, -0.1) is 0 Å². The summed E-state index contributed by atoms with van der Waals surface area (Å²) in [5.41, 5.74) is 4.40. The Morgan fingerprint density at radius 3 is 2.71 bits per heavy atom. The number of hydrogen-bond acceptors (Lipinski definition) is 4. The van der Waals surface area contributed by atoms with Gasteiger partial charge >= 0.3 is 0 Å². The minimum Gasteiger partial charge on any atom is -0.369 e. The van der Waals surface area contributed by atoms with Gasteiger partial charge in [-0.05, 0) is 49.6 Å². The van der Waals surface area contributed by atoms with E-state index >= 15 is 0 Å². The first kappa shape index (κ1) is 20.2. The van der Waals surface area contributed by atoms with Crippen LogP contribution in [-0.2, 0) is 4.79 Å². The SMILES string of the molecule is Cc1cc(C)c(NC(=O)CN2CCCN(c3ccccc3C#N)CC2)c(Cl)c1. The smallest absolute Gasteiger partial charge is 0.238 e. The molecular formula is C22H25ClN4O. The van der Waals surface area contributed by atoms with Gasteiger partial charge in [0.05, 0.1) is 28.5 Å². The van der Waals surface area contributed by atoms with Gasteiger partial charge in [0.1, 0.15) is 6.07 Å². The normalized spacial score (nSPS) is 15.0. The van der Waals surface area contributed by atoms with Crippen LogP contribution in [0.5, 0.6) is 0 Å². The average molecular weight is 397 g/mol. The third kappa shape index (κ3) is 4.83. The van der Waals surface area contributed by atoms with Crippen LogP contribution in [0.15, 0.2) is 36.4 Å². The third-order valence-corrected chi connectivity index (χ3v) is 5.32. The lowest BCUT2D eigenvalue weighted by Crippen LogP contribution is -2.36. The number of amides is 1. The lowest BCUT2D eigenvalue weighted by molar-refractivity contribution is -0.117. The van der Waals surface area contributed by atoms with Crippen LogP contribution in [0.2, 0.25) is 5.02 Å². The van der Waals surface area contributed by atoms with Crippen molar-refractivity contribution in [2.45, 2.75) is 20.3 Å². The number of nitrogens with zero attached hydrogens (tertiary/aromatic N) is 3. The number of halogens is 1. The lowest BCUT2D eigenvalue weighted by atomic mass is 10.1. The zero-order valence-corrected chi connectivity index (χ0v) is 17.1. The van der Waals surface area contributed by atoms with Crippen molar-refractivity contribution in [3.05, 3.63) is 58.1 Å². The van der Waals surface area contributed by atoms with Gasteiger partial charge in [-0.1, -0.05) is 29.8 Å². The summed E-state index contributed by atoms with van der Waals surface area (Å²) in [7, 11) is 0. The van der Waals surface area contributed by atoms with Gasteiger partial charge < -0.3 is 10.2 Å². The largest absolute Gasteiger partial charge is 0.369 e. The maximum atomic E-state index is 12.6. The highest BCUT2D eigenvalue weighted by Crippen LogP contribution is 2.27. The van der Waals surface area contributed by atoms with Crippen LogP contribution < -0.4 is 10.2 Å². The molecule has 6 heteroatoms. The zero-order valence-electron chi connectivity index (χ0n) is 16.3. The highest BCUT2D eigenvalue weighted by molar-refractivity contribution is 6.34. The molecule has 28 heavy (non-hydrogen) atoms. The second-order valence-corrected chi connectivity index (χ2v) is 7.64. The summed E-state index contributed by atoms with van der Waals surface area (Å²) in [6.07, 6.45) is 0.942. The number of aryl methyl sites for hydroxylation is 2. The molecular weight excluding hydrogens is 372 g/mol. The van der Waals surface area contributed by atoms with Crippen molar-refractivity contribution in [2.75, 3.05) is 42.9 Å². The molecule has 3 rings (SSSR count). The van der Waals surface area contributed by atoms with Crippen molar-refractivity contribution >= 4 is 28.9 Å². The number of carbonyl (C=O) groups is 1. The van der Waals surface area contributed by atoms with Crippen LogP contribution in [0, 0.1) is 25.2 Å². The van der Waals surface area contributed by atoms with Crippen LogP contribution in [-0.4, -0.2) is 43.5 Å². The summed E-state index contributed by atoms with van der Waals surface area (Å²) in [5, 5.41) is 12.9. The van der Waals surface area contributed by atoms with Gasteiger partial charge in [-0.25, -0.2) is 0 Å². The molecule has 2 aromatic carbocycles. The Morgan fingerprint density at radius 2 is 1.96 bits per heavy atom. The van der Waals surface area contributed by atoms with Gasteiger partial charge in [-0.3, -0.25) is 9.69 Å². The molecule has 0 atom stereocenters. The number of carbonyl (C=O) groups excluding carboxylic acids is 1. The molecule has 1 aliphatic rings. The minimum absolute atomic E-state index is 0.0558. The Hall–Kier alpha value is -2.55. The second kappa shape index (κ2) is 9.09. The van der Waals surface area contributed by atoms with E-state index in [4.69, 9.17) is 11.6 Å². The lowest BCUT2D eigenvalue weighted by Gasteiger charge is -2.24. The van der Waals surface area contributed by atoms with Crippen molar-refractivity contribution < 1.29 is 4.79 Å². The Morgan fingerprint density at radius 1 is 1.18 bits per heavy atom. The Kier molecular flexibility index (Phi) is 6.56. The highest BCUT2D eigenvalue weighted by Gasteiger charge is 2.19. The molecule has 1 fully saturated rings. The summed E-state index contributed by atoms with van der Waals surface area (Å²) in [5.74, 6) is -0.0558. The van der Waals surface area contributed by atoms with Crippen LogP contribution >= 0.6 is 11.6 Å². The van der Waals surface area contributed by atoms with Crippen LogP contribution in [0.1, 0.15) is 23.1 Å². The van der Waals surface area contributed by atoms with Gasteiger partial charge in [0, 0.05) is 26.2 Å². The predicted molar refractivity (Wildman–Crippen MR) is 114 cm³/mol. The number of para-hydroxylation sites is 1. The molecule has 1 heterocycles. The molecule has 1 aliphatic heterocycles. The topological polar surface area (TPSA) is 59.4 Å². The van der Waals surface area contributed by atoms with Gasteiger partial charge in [-0.2, -0.15) is 5.26 Å².